The van der Waals surface area contributed by atoms with Gasteiger partial charge in [0, 0.05) is 25.2 Å². The molecule has 1 aromatic heterocycles. The van der Waals surface area contributed by atoms with Gasteiger partial charge in [0.2, 0.25) is 5.91 Å². The van der Waals surface area contributed by atoms with Gasteiger partial charge in [0.1, 0.15) is 6.54 Å². The number of likely N-dealkylation sites (N-methyl/N-ethyl adjacent to an activating group) is 1. The molecule has 0 radical (unpaired) electrons. The smallest absolute Gasteiger partial charge is 0.257 e. The van der Waals surface area contributed by atoms with Crippen molar-refractivity contribution in [3.05, 3.63) is 27.9 Å². The van der Waals surface area contributed by atoms with Crippen molar-refractivity contribution in [2.24, 2.45) is 0 Å². The van der Waals surface area contributed by atoms with Crippen molar-refractivity contribution in [3.8, 4) is 0 Å². The molecule has 1 N–H and O–H groups in total. The Balaban J connectivity index is 2.22. The Hall–Kier alpha value is -1.69. The lowest BCUT2D eigenvalue weighted by Gasteiger charge is -2.22. The average molecular weight is 264 g/mol. The SMILES string of the molecule is CC(C)N(C)C(=O)Cn1cnc2c(c1=O)CCNC2. The highest BCUT2D eigenvalue weighted by molar-refractivity contribution is 5.75. The predicted molar refractivity (Wildman–Crippen MR) is 71.8 cm³/mol. The van der Waals surface area contributed by atoms with E-state index in [4.69, 9.17) is 0 Å². The molecule has 0 fully saturated rings. The summed E-state index contributed by atoms with van der Waals surface area (Å²) in [6.07, 6.45) is 2.15. The van der Waals surface area contributed by atoms with Crippen molar-refractivity contribution >= 4 is 5.91 Å². The van der Waals surface area contributed by atoms with Crippen molar-refractivity contribution in [1.82, 2.24) is 19.8 Å². The van der Waals surface area contributed by atoms with Gasteiger partial charge < -0.3 is 10.2 Å². The van der Waals surface area contributed by atoms with Crippen molar-refractivity contribution in [3.63, 3.8) is 0 Å². The summed E-state index contributed by atoms with van der Waals surface area (Å²) in [5.41, 5.74) is 1.45. The minimum Gasteiger partial charge on any atom is -0.342 e. The Bertz CT molecular complexity index is 536. The van der Waals surface area contributed by atoms with Gasteiger partial charge in [0.15, 0.2) is 0 Å². The second kappa shape index (κ2) is 5.52. The number of nitrogens with zero attached hydrogens (tertiary/aromatic N) is 3. The third kappa shape index (κ3) is 2.84. The molecule has 0 aromatic carbocycles. The van der Waals surface area contributed by atoms with Crippen LogP contribution in [0.25, 0.3) is 0 Å². The van der Waals surface area contributed by atoms with Gasteiger partial charge >= 0.3 is 0 Å². The van der Waals surface area contributed by atoms with Gasteiger partial charge in [-0.3, -0.25) is 14.2 Å². The van der Waals surface area contributed by atoms with E-state index in [1.165, 1.54) is 10.9 Å². The van der Waals surface area contributed by atoms with Gasteiger partial charge in [-0.15, -0.1) is 0 Å². The van der Waals surface area contributed by atoms with Gasteiger partial charge in [0.05, 0.1) is 12.0 Å². The second-order valence-electron chi connectivity index (χ2n) is 5.13. The van der Waals surface area contributed by atoms with Crippen molar-refractivity contribution < 1.29 is 4.79 Å². The van der Waals surface area contributed by atoms with E-state index >= 15 is 0 Å². The molecule has 1 amide bonds. The minimum atomic E-state index is -0.0861. The highest BCUT2D eigenvalue weighted by atomic mass is 16.2. The van der Waals surface area contributed by atoms with Crippen molar-refractivity contribution in [1.29, 1.82) is 0 Å². The van der Waals surface area contributed by atoms with Crippen molar-refractivity contribution in [2.45, 2.75) is 39.4 Å². The number of hydrogen-bond donors (Lipinski definition) is 1. The lowest BCUT2D eigenvalue weighted by Crippen LogP contribution is -2.40. The molecule has 0 spiro atoms. The van der Waals surface area contributed by atoms with E-state index in [0.717, 1.165) is 17.8 Å². The van der Waals surface area contributed by atoms with Crippen LogP contribution in [-0.4, -0.2) is 40.0 Å². The van der Waals surface area contributed by atoms with Crippen LogP contribution in [0.2, 0.25) is 0 Å². The molecule has 2 heterocycles. The Labute approximate surface area is 112 Å². The summed E-state index contributed by atoms with van der Waals surface area (Å²) < 4.78 is 1.41. The molecular formula is C13H20N4O2. The first-order chi connectivity index (χ1) is 9.00. The zero-order valence-corrected chi connectivity index (χ0v) is 11.6. The van der Waals surface area contributed by atoms with Crippen LogP contribution < -0.4 is 10.9 Å². The third-order valence-corrected chi connectivity index (χ3v) is 3.54. The maximum Gasteiger partial charge on any atom is 0.257 e. The number of aromatic nitrogens is 2. The maximum atomic E-state index is 12.3. The first-order valence-electron chi connectivity index (χ1n) is 6.54. The zero-order valence-electron chi connectivity index (χ0n) is 11.6. The van der Waals surface area contributed by atoms with Gasteiger partial charge in [0.25, 0.3) is 5.56 Å². The lowest BCUT2D eigenvalue weighted by molar-refractivity contribution is -0.132. The fourth-order valence-corrected chi connectivity index (χ4v) is 2.05. The standard InChI is InChI=1S/C13H20N4O2/c1-9(2)16(3)12(18)7-17-8-15-11-6-14-5-4-10(11)13(17)19/h8-9,14H,4-7H2,1-3H3. The fourth-order valence-electron chi connectivity index (χ4n) is 2.05. The van der Waals surface area contributed by atoms with Crippen LogP contribution in [0.4, 0.5) is 0 Å². The lowest BCUT2D eigenvalue weighted by atomic mass is 10.1. The van der Waals surface area contributed by atoms with E-state index < -0.39 is 0 Å². The van der Waals surface area contributed by atoms with Crippen LogP contribution in [-0.2, 0) is 24.3 Å². The first kappa shape index (κ1) is 13.7. The van der Waals surface area contributed by atoms with Crippen LogP contribution >= 0.6 is 0 Å². The molecular weight excluding hydrogens is 244 g/mol. The second-order valence-corrected chi connectivity index (χ2v) is 5.13. The molecule has 0 aliphatic carbocycles. The van der Waals surface area contributed by atoms with E-state index in [0.29, 0.717) is 13.0 Å². The largest absolute Gasteiger partial charge is 0.342 e. The Morgan fingerprint density at radius 1 is 1.58 bits per heavy atom. The quantitative estimate of drug-likeness (QED) is 0.818. The van der Waals surface area contributed by atoms with Gasteiger partial charge in [-0.25, -0.2) is 4.98 Å². The Kier molecular flexibility index (Phi) is 3.99. The molecule has 104 valence electrons. The van der Waals surface area contributed by atoms with Crippen LogP contribution in [0.3, 0.4) is 0 Å². The molecule has 0 bridgehead atoms. The molecule has 6 nitrogen and oxygen atoms in total. The summed E-state index contributed by atoms with van der Waals surface area (Å²) in [5.74, 6) is -0.0761. The minimum absolute atomic E-state index is 0.0568. The van der Waals surface area contributed by atoms with E-state index in [-0.39, 0.29) is 24.1 Å². The van der Waals surface area contributed by atoms with Gasteiger partial charge in [-0.2, -0.15) is 0 Å². The number of carbonyl (C=O) groups is 1. The number of fused-ring (bicyclic) bond motifs is 1. The maximum absolute atomic E-state index is 12.3. The normalized spacial score (nSPS) is 14.3. The molecule has 6 heteroatoms. The van der Waals surface area contributed by atoms with Crippen LogP contribution in [0, 0.1) is 0 Å². The highest BCUT2D eigenvalue weighted by Crippen LogP contribution is 2.05. The van der Waals surface area contributed by atoms with Gasteiger partial charge in [-0.05, 0) is 26.8 Å². The summed E-state index contributed by atoms with van der Waals surface area (Å²) >= 11 is 0. The van der Waals surface area contributed by atoms with Crippen LogP contribution in [0.5, 0.6) is 0 Å². The van der Waals surface area contributed by atoms with Crippen molar-refractivity contribution in [2.75, 3.05) is 13.6 Å². The first-order valence-corrected chi connectivity index (χ1v) is 6.54. The monoisotopic (exact) mass is 264 g/mol. The summed E-state index contributed by atoms with van der Waals surface area (Å²) in [5, 5.41) is 3.18. The number of amides is 1. The molecule has 0 atom stereocenters. The molecule has 0 saturated heterocycles. The fraction of sp³-hybridized carbons (Fsp3) is 0.615. The molecule has 0 saturated carbocycles. The summed E-state index contributed by atoms with van der Waals surface area (Å²) in [6, 6.07) is 0.123. The summed E-state index contributed by atoms with van der Waals surface area (Å²) in [4.78, 5) is 30.2. The number of nitrogens with one attached hydrogen (secondary N) is 1. The highest BCUT2D eigenvalue weighted by Gasteiger charge is 2.18. The van der Waals surface area contributed by atoms with Crippen LogP contribution in [0.1, 0.15) is 25.1 Å². The third-order valence-electron chi connectivity index (χ3n) is 3.54. The molecule has 19 heavy (non-hydrogen) atoms. The number of rotatable bonds is 3. The molecule has 1 aliphatic heterocycles. The predicted octanol–water partition coefficient (Wildman–Crippen LogP) is -0.244. The van der Waals surface area contributed by atoms with E-state index in [2.05, 4.69) is 10.3 Å². The Morgan fingerprint density at radius 2 is 2.32 bits per heavy atom. The number of carbonyl (C=O) groups excluding carboxylic acids is 1. The van der Waals surface area contributed by atoms with E-state index in [9.17, 15) is 9.59 Å². The van der Waals surface area contributed by atoms with Crippen LogP contribution in [0.15, 0.2) is 11.1 Å². The topological polar surface area (TPSA) is 67.2 Å². The number of hydrogen-bond acceptors (Lipinski definition) is 4. The van der Waals surface area contributed by atoms with Gasteiger partial charge in [-0.1, -0.05) is 0 Å². The molecule has 1 aromatic rings. The van der Waals surface area contributed by atoms with E-state index in [1.807, 2.05) is 13.8 Å². The average Bonchev–Trinajstić information content (AvgIpc) is 2.41. The molecule has 2 rings (SSSR count). The van der Waals surface area contributed by atoms with E-state index in [1.54, 1.807) is 11.9 Å². The summed E-state index contributed by atoms with van der Waals surface area (Å²) in [6.45, 7) is 5.36. The molecule has 0 unspecified atom stereocenters. The Morgan fingerprint density at radius 3 is 3.00 bits per heavy atom. The molecule has 1 aliphatic rings. The summed E-state index contributed by atoms with van der Waals surface area (Å²) in [7, 11) is 1.74. The zero-order chi connectivity index (χ0) is 14.0.